The highest BCUT2D eigenvalue weighted by atomic mass is 16.5. The molecule has 3 aromatic rings. The Kier molecular flexibility index (Phi) is 7.27. The van der Waals surface area contributed by atoms with E-state index in [4.69, 9.17) is 9.47 Å². The number of hydrogen-bond acceptors (Lipinski definition) is 4. The lowest BCUT2D eigenvalue weighted by molar-refractivity contribution is -0.123. The summed E-state index contributed by atoms with van der Waals surface area (Å²) in [6, 6.07) is 19.4. The van der Waals surface area contributed by atoms with Crippen LogP contribution < -0.4 is 20.1 Å². The van der Waals surface area contributed by atoms with E-state index in [1.54, 1.807) is 12.1 Å². The summed E-state index contributed by atoms with van der Waals surface area (Å²) < 4.78 is 10.9. The summed E-state index contributed by atoms with van der Waals surface area (Å²) in [7, 11) is 1.54. The molecule has 3 aromatic carbocycles. The zero-order valence-corrected chi connectivity index (χ0v) is 17.2. The van der Waals surface area contributed by atoms with Crippen LogP contribution in [0, 0.1) is 0 Å². The second-order valence-electron chi connectivity index (χ2n) is 6.82. The van der Waals surface area contributed by atoms with E-state index in [-0.39, 0.29) is 18.4 Å². The monoisotopic (exact) mass is 406 g/mol. The number of ether oxygens (including phenoxy) is 2. The summed E-state index contributed by atoms with van der Waals surface area (Å²) in [5, 5.41) is 7.84. The molecule has 0 aromatic heterocycles. The zero-order valence-electron chi connectivity index (χ0n) is 17.2. The van der Waals surface area contributed by atoms with Gasteiger partial charge in [-0.15, -0.1) is 0 Å². The van der Waals surface area contributed by atoms with Gasteiger partial charge in [0.05, 0.1) is 13.5 Å². The predicted molar refractivity (Wildman–Crippen MR) is 117 cm³/mol. The van der Waals surface area contributed by atoms with Crippen molar-refractivity contribution in [3.05, 3.63) is 71.8 Å². The quantitative estimate of drug-likeness (QED) is 0.572. The molecule has 6 nitrogen and oxygen atoms in total. The lowest BCUT2D eigenvalue weighted by Gasteiger charge is -2.13. The topological polar surface area (TPSA) is 76.7 Å². The molecule has 0 aliphatic heterocycles. The third kappa shape index (κ3) is 5.50. The van der Waals surface area contributed by atoms with Crippen LogP contribution in [0.3, 0.4) is 0 Å². The fourth-order valence-corrected chi connectivity index (χ4v) is 3.22. The van der Waals surface area contributed by atoms with E-state index in [1.165, 1.54) is 7.11 Å². The molecule has 0 radical (unpaired) electrons. The predicted octanol–water partition coefficient (Wildman–Crippen LogP) is 3.22. The minimum absolute atomic E-state index is 0.0538. The van der Waals surface area contributed by atoms with E-state index in [0.717, 1.165) is 21.9 Å². The van der Waals surface area contributed by atoms with E-state index in [0.29, 0.717) is 31.0 Å². The molecule has 156 valence electrons. The summed E-state index contributed by atoms with van der Waals surface area (Å²) in [4.78, 5) is 24.0. The zero-order chi connectivity index (χ0) is 21.3. The van der Waals surface area contributed by atoms with Crippen molar-refractivity contribution in [3.8, 4) is 11.5 Å². The molecule has 0 fully saturated rings. The first kappa shape index (κ1) is 21.2. The molecule has 3 rings (SSSR count). The molecule has 30 heavy (non-hydrogen) atoms. The van der Waals surface area contributed by atoms with Crippen LogP contribution >= 0.6 is 0 Å². The highest BCUT2D eigenvalue weighted by molar-refractivity contribution is 5.90. The van der Waals surface area contributed by atoms with Gasteiger partial charge in [-0.2, -0.15) is 0 Å². The summed E-state index contributed by atoms with van der Waals surface area (Å²) in [6.07, 6.45) is 0.312. The fourth-order valence-electron chi connectivity index (χ4n) is 3.22. The van der Waals surface area contributed by atoms with Crippen molar-refractivity contribution in [2.75, 3.05) is 20.3 Å². The molecule has 0 saturated heterocycles. The molecule has 0 atom stereocenters. The average Bonchev–Trinajstić information content (AvgIpc) is 2.77. The van der Waals surface area contributed by atoms with E-state index >= 15 is 0 Å². The van der Waals surface area contributed by atoms with Crippen LogP contribution in [-0.4, -0.2) is 32.1 Å². The Morgan fingerprint density at radius 1 is 0.900 bits per heavy atom. The minimum Gasteiger partial charge on any atom is -0.493 e. The number of rotatable bonds is 9. The van der Waals surface area contributed by atoms with Crippen LogP contribution in [0.1, 0.15) is 18.1 Å². The first-order chi connectivity index (χ1) is 14.6. The number of benzene rings is 3. The van der Waals surface area contributed by atoms with Crippen molar-refractivity contribution in [2.45, 2.75) is 19.9 Å². The number of methoxy groups -OCH3 is 1. The molecular formula is C24H26N2O4. The number of amides is 2. The maximum atomic E-state index is 12.5. The van der Waals surface area contributed by atoms with Gasteiger partial charge in [-0.3, -0.25) is 9.59 Å². The Morgan fingerprint density at radius 2 is 1.70 bits per heavy atom. The van der Waals surface area contributed by atoms with Gasteiger partial charge in [-0.25, -0.2) is 0 Å². The summed E-state index contributed by atoms with van der Waals surface area (Å²) in [5.41, 5.74) is 1.88. The van der Waals surface area contributed by atoms with Gasteiger partial charge >= 0.3 is 0 Å². The number of fused-ring (bicyclic) bond motifs is 1. The number of carbonyl (C=O) groups is 2. The molecule has 0 spiro atoms. The van der Waals surface area contributed by atoms with Gasteiger partial charge in [-0.05, 0) is 41.0 Å². The third-order valence-corrected chi connectivity index (χ3v) is 4.68. The van der Waals surface area contributed by atoms with Gasteiger partial charge in [0.2, 0.25) is 5.91 Å². The highest BCUT2D eigenvalue weighted by Crippen LogP contribution is 2.28. The Morgan fingerprint density at radius 3 is 2.50 bits per heavy atom. The van der Waals surface area contributed by atoms with E-state index < -0.39 is 0 Å². The van der Waals surface area contributed by atoms with Gasteiger partial charge in [0, 0.05) is 13.1 Å². The Bertz CT molecular complexity index is 1030. The van der Waals surface area contributed by atoms with Crippen molar-refractivity contribution in [1.82, 2.24) is 10.6 Å². The molecule has 0 bridgehead atoms. The number of hydrogen-bond donors (Lipinski definition) is 2. The molecule has 0 aliphatic carbocycles. The van der Waals surface area contributed by atoms with Gasteiger partial charge in [0.25, 0.3) is 5.91 Å². The standard InChI is InChI=1S/C24H26N2O4/c1-3-25-24(28)16-30-21-12-11-17(13-22(21)29-2)15-26-23(27)14-19-9-6-8-18-7-4-5-10-20(18)19/h4-13H,3,14-16H2,1-2H3,(H,25,28)(H,26,27). The lowest BCUT2D eigenvalue weighted by atomic mass is 10.0. The summed E-state index contributed by atoms with van der Waals surface area (Å²) in [5.74, 6) is 0.751. The Hall–Kier alpha value is -3.54. The van der Waals surface area contributed by atoms with Crippen LogP contribution in [-0.2, 0) is 22.6 Å². The van der Waals surface area contributed by atoms with Gasteiger partial charge in [0.1, 0.15) is 0 Å². The maximum absolute atomic E-state index is 12.5. The maximum Gasteiger partial charge on any atom is 0.257 e. The SMILES string of the molecule is CCNC(=O)COc1ccc(CNC(=O)Cc2cccc3ccccc23)cc1OC. The molecule has 2 N–H and O–H groups in total. The van der Waals surface area contributed by atoms with Gasteiger partial charge in [0.15, 0.2) is 18.1 Å². The van der Waals surface area contributed by atoms with Crippen LogP contribution in [0.2, 0.25) is 0 Å². The highest BCUT2D eigenvalue weighted by Gasteiger charge is 2.10. The van der Waals surface area contributed by atoms with Crippen molar-refractivity contribution in [1.29, 1.82) is 0 Å². The fraction of sp³-hybridized carbons (Fsp3) is 0.250. The number of nitrogens with one attached hydrogen (secondary N) is 2. The lowest BCUT2D eigenvalue weighted by Crippen LogP contribution is -2.28. The smallest absolute Gasteiger partial charge is 0.257 e. The van der Waals surface area contributed by atoms with Crippen LogP contribution in [0.4, 0.5) is 0 Å². The molecule has 6 heteroatoms. The van der Waals surface area contributed by atoms with Crippen LogP contribution in [0.15, 0.2) is 60.7 Å². The largest absolute Gasteiger partial charge is 0.493 e. The molecule has 0 heterocycles. The normalized spacial score (nSPS) is 10.5. The van der Waals surface area contributed by atoms with Gasteiger partial charge < -0.3 is 20.1 Å². The summed E-state index contributed by atoms with van der Waals surface area (Å²) in [6.45, 7) is 2.69. The molecule has 0 aliphatic rings. The Balaban J connectivity index is 1.59. The molecule has 0 saturated carbocycles. The minimum atomic E-state index is -0.190. The van der Waals surface area contributed by atoms with E-state index in [1.807, 2.05) is 55.5 Å². The molecular weight excluding hydrogens is 380 g/mol. The van der Waals surface area contributed by atoms with Crippen LogP contribution in [0.25, 0.3) is 10.8 Å². The van der Waals surface area contributed by atoms with E-state index in [2.05, 4.69) is 10.6 Å². The molecule has 2 amide bonds. The van der Waals surface area contributed by atoms with Crippen molar-refractivity contribution < 1.29 is 19.1 Å². The van der Waals surface area contributed by atoms with Crippen molar-refractivity contribution in [3.63, 3.8) is 0 Å². The third-order valence-electron chi connectivity index (χ3n) is 4.68. The Labute approximate surface area is 176 Å². The average molecular weight is 406 g/mol. The second-order valence-corrected chi connectivity index (χ2v) is 6.82. The number of carbonyl (C=O) groups excluding carboxylic acids is 2. The second kappa shape index (κ2) is 10.3. The van der Waals surface area contributed by atoms with E-state index in [9.17, 15) is 9.59 Å². The van der Waals surface area contributed by atoms with Gasteiger partial charge in [-0.1, -0.05) is 48.5 Å². The number of likely N-dealkylation sites (N-methyl/N-ethyl adjacent to an activating group) is 1. The first-order valence-corrected chi connectivity index (χ1v) is 9.90. The first-order valence-electron chi connectivity index (χ1n) is 9.90. The summed E-state index contributed by atoms with van der Waals surface area (Å²) >= 11 is 0. The van der Waals surface area contributed by atoms with Crippen molar-refractivity contribution >= 4 is 22.6 Å². The van der Waals surface area contributed by atoms with Crippen molar-refractivity contribution in [2.24, 2.45) is 0 Å². The van der Waals surface area contributed by atoms with Crippen LogP contribution in [0.5, 0.6) is 11.5 Å². The molecule has 0 unspecified atom stereocenters.